The molecule has 0 spiro atoms. The van der Waals surface area contributed by atoms with Crippen LogP contribution < -0.4 is 10.6 Å². The summed E-state index contributed by atoms with van der Waals surface area (Å²) in [6.45, 7) is 3.45. The lowest BCUT2D eigenvalue weighted by Gasteiger charge is -2.17. The Morgan fingerprint density at radius 3 is 2.83 bits per heavy atom. The third-order valence-electron chi connectivity index (χ3n) is 5.10. The largest absolute Gasteiger partial charge is 0.368 e. The van der Waals surface area contributed by atoms with E-state index in [-0.39, 0.29) is 0 Å². The van der Waals surface area contributed by atoms with Crippen molar-refractivity contribution in [2.45, 2.75) is 38.0 Å². The topological polar surface area (TPSA) is 73.6 Å². The van der Waals surface area contributed by atoms with Gasteiger partial charge in [0.15, 0.2) is 0 Å². The summed E-state index contributed by atoms with van der Waals surface area (Å²) in [5.74, 6) is 2.82. The van der Waals surface area contributed by atoms with Crippen LogP contribution in [0, 0.1) is 18.3 Å². The molecule has 5 heteroatoms. The lowest BCUT2D eigenvalue weighted by molar-refractivity contribution is 0.697. The normalized spacial score (nSPS) is 20.5. The fourth-order valence-electron chi connectivity index (χ4n) is 3.87. The van der Waals surface area contributed by atoms with Crippen LogP contribution in [0.3, 0.4) is 0 Å². The average molecular weight is 319 g/mol. The molecule has 2 aliphatic carbocycles. The van der Waals surface area contributed by atoms with E-state index in [1.165, 1.54) is 30.5 Å². The highest BCUT2D eigenvalue weighted by Gasteiger charge is 2.38. The number of hydrogen-bond donors (Lipinski definition) is 2. The zero-order chi connectivity index (χ0) is 16.5. The Morgan fingerprint density at radius 1 is 1.21 bits per heavy atom. The molecule has 24 heavy (non-hydrogen) atoms. The zero-order valence-corrected chi connectivity index (χ0v) is 13.8. The molecule has 2 aliphatic rings. The monoisotopic (exact) mass is 319 g/mol. The molecule has 0 amide bonds. The summed E-state index contributed by atoms with van der Waals surface area (Å²) in [6.07, 6.45) is 5.57. The number of nitrogens with one attached hydrogen (secondary N) is 2. The summed E-state index contributed by atoms with van der Waals surface area (Å²) < 4.78 is 0. The number of nitriles is 1. The summed E-state index contributed by atoms with van der Waals surface area (Å²) >= 11 is 0. The second kappa shape index (κ2) is 6.12. The van der Waals surface area contributed by atoms with Crippen molar-refractivity contribution in [3.05, 3.63) is 46.8 Å². The molecule has 2 heterocycles. The summed E-state index contributed by atoms with van der Waals surface area (Å²) in [7, 11) is 0. The predicted octanol–water partition coefficient (Wildman–Crippen LogP) is 3.55. The smallest absolute Gasteiger partial charge is 0.144 e. The molecule has 1 saturated carbocycles. The van der Waals surface area contributed by atoms with Crippen molar-refractivity contribution < 1.29 is 0 Å². The Hall–Kier alpha value is -2.61. The standard InChI is InChI=1S/C19H21N5/c1-12-2-5-17(23-11-12)21-6-7-22-19-15(10-20)9-16-13-3-4-14(8-13)18(16)24-19/h2,5,9,11,13-14H,3-4,6-8H2,1H3,(H,21,23)(H,22,24). The number of hydrogen-bond acceptors (Lipinski definition) is 5. The average Bonchev–Trinajstić information content (AvgIpc) is 3.21. The Balaban J connectivity index is 1.41. The first-order chi connectivity index (χ1) is 11.7. The maximum Gasteiger partial charge on any atom is 0.144 e. The van der Waals surface area contributed by atoms with Crippen molar-refractivity contribution in [2.75, 3.05) is 23.7 Å². The Bertz CT molecular complexity index is 791. The maximum atomic E-state index is 9.42. The third kappa shape index (κ3) is 2.69. The predicted molar refractivity (Wildman–Crippen MR) is 94.2 cm³/mol. The van der Waals surface area contributed by atoms with Gasteiger partial charge in [0.1, 0.15) is 17.7 Å². The highest BCUT2D eigenvalue weighted by Crippen LogP contribution is 2.52. The quantitative estimate of drug-likeness (QED) is 0.825. The molecule has 2 aromatic rings. The molecule has 4 rings (SSSR count). The van der Waals surface area contributed by atoms with Crippen LogP contribution in [0.4, 0.5) is 11.6 Å². The van der Waals surface area contributed by atoms with Gasteiger partial charge in [-0.25, -0.2) is 9.97 Å². The molecule has 0 aliphatic heterocycles. The van der Waals surface area contributed by atoms with Crippen LogP contribution in [0.1, 0.15) is 53.5 Å². The van der Waals surface area contributed by atoms with Gasteiger partial charge in [0.2, 0.25) is 0 Å². The van der Waals surface area contributed by atoms with Gasteiger partial charge in [-0.3, -0.25) is 0 Å². The van der Waals surface area contributed by atoms with E-state index in [1.54, 1.807) is 0 Å². The zero-order valence-electron chi connectivity index (χ0n) is 13.8. The van der Waals surface area contributed by atoms with Crippen LogP contribution in [-0.4, -0.2) is 23.1 Å². The molecule has 0 radical (unpaired) electrons. The Labute approximate surface area is 142 Å². The first kappa shape index (κ1) is 14.9. The molecule has 0 saturated heterocycles. The van der Waals surface area contributed by atoms with Gasteiger partial charge in [-0.05, 0) is 55.4 Å². The molecule has 2 N–H and O–H groups in total. The first-order valence-corrected chi connectivity index (χ1v) is 8.60. The molecule has 0 aromatic carbocycles. The van der Waals surface area contributed by atoms with Crippen molar-refractivity contribution in [1.82, 2.24) is 9.97 Å². The van der Waals surface area contributed by atoms with Crippen molar-refractivity contribution in [1.29, 1.82) is 5.26 Å². The van der Waals surface area contributed by atoms with E-state index < -0.39 is 0 Å². The van der Waals surface area contributed by atoms with E-state index in [4.69, 9.17) is 4.98 Å². The second-order valence-electron chi connectivity index (χ2n) is 6.75. The Morgan fingerprint density at radius 2 is 2.04 bits per heavy atom. The minimum absolute atomic E-state index is 0.605. The van der Waals surface area contributed by atoms with Gasteiger partial charge in [-0.15, -0.1) is 0 Å². The molecule has 2 aromatic heterocycles. The van der Waals surface area contributed by atoms with Gasteiger partial charge in [0, 0.05) is 30.9 Å². The maximum absolute atomic E-state index is 9.42. The van der Waals surface area contributed by atoms with E-state index in [0.717, 1.165) is 23.7 Å². The summed E-state index contributed by atoms with van der Waals surface area (Å²) in [5, 5.41) is 16.0. The van der Waals surface area contributed by atoms with Gasteiger partial charge in [0.25, 0.3) is 0 Å². The van der Waals surface area contributed by atoms with E-state index in [2.05, 4.69) is 27.8 Å². The number of fused-ring (bicyclic) bond motifs is 5. The van der Waals surface area contributed by atoms with Crippen LogP contribution in [0.15, 0.2) is 24.4 Å². The van der Waals surface area contributed by atoms with Gasteiger partial charge in [-0.1, -0.05) is 6.07 Å². The number of nitrogens with zero attached hydrogens (tertiary/aromatic N) is 3. The number of aromatic nitrogens is 2. The van der Waals surface area contributed by atoms with Gasteiger partial charge in [0.05, 0.1) is 5.56 Å². The third-order valence-corrected chi connectivity index (χ3v) is 5.10. The molecular formula is C19H21N5. The van der Waals surface area contributed by atoms with E-state index in [9.17, 15) is 5.26 Å². The summed E-state index contributed by atoms with van der Waals surface area (Å²) in [6, 6.07) is 8.36. The Kier molecular flexibility index (Phi) is 3.81. The van der Waals surface area contributed by atoms with E-state index >= 15 is 0 Å². The highest BCUT2D eigenvalue weighted by atomic mass is 15.0. The second-order valence-corrected chi connectivity index (χ2v) is 6.75. The van der Waals surface area contributed by atoms with Crippen LogP contribution >= 0.6 is 0 Å². The van der Waals surface area contributed by atoms with Gasteiger partial charge < -0.3 is 10.6 Å². The van der Waals surface area contributed by atoms with Crippen LogP contribution in [0.25, 0.3) is 0 Å². The lowest BCUT2D eigenvalue weighted by atomic mass is 9.95. The van der Waals surface area contributed by atoms with Crippen molar-refractivity contribution in [2.24, 2.45) is 0 Å². The number of pyridine rings is 2. The first-order valence-electron chi connectivity index (χ1n) is 8.60. The minimum atomic E-state index is 0.605. The number of aryl methyl sites for hydroxylation is 1. The molecule has 5 nitrogen and oxygen atoms in total. The summed E-state index contributed by atoms with van der Waals surface area (Å²) in [4.78, 5) is 9.11. The minimum Gasteiger partial charge on any atom is -0.368 e. The van der Waals surface area contributed by atoms with Gasteiger partial charge in [-0.2, -0.15) is 5.26 Å². The van der Waals surface area contributed by atoms with Gasteiger partial charge >= 0.3 is 0 Å². The molecule has 1 fully saturated rings. The fourth-order valence-corrected chi connectivity index (χ4v) is 3.87. The van der Waals surface area contributed by atoms with Crippen LogP contribution in [0.5, 0.6) is 0 Å². The van der Waals surface area contributed by atoms with E-state index in [1.807, 2.05) is 25.3 Å². The lowest BCUT2D eigenvalue weighted by Crippen LogP contribution is -2.16. The van der Waals surface area contributed by atoms with Crippen molar-refractivity contribution in [3.63, 3.8) is 0 Å². The summed E-state index contributed by atoms with van der Waals surface area (Å²) in [5.41, 5.74) is 4.35. The van der Waals surface area contributed by atoms with Crippen molar-refractivity contribution in [3.8, 4) is 6.07 Å². The van der Waals surface area contributed by atoms with Crippen LogP contribution in [0.2, 0.25) is 0 Å². The van der Waals surface area contributed by atoms with Crippen molar-refractivity contribution >= 4 is 11.6 Å². The molecule has 2 bridgehead atoms. The molecule has 122 valence electrons. The van der Waals surface area contributed by atoms with Crippen LogP contribution in [-0.2, 0) is 0 Å². The number of rotatable bonds is 5. The molecule has 2 unspecified atom stereocenters. The number of anilines is 2. The highest BCUT2D eigenvalue weighted by molar-refractivity contribution is 5.57. The SMILES string of the molecule is Cc1ccc(NCCNc2nc3c(cc2C#N)C2CCC3C2)nc1. The molecule has 2 atom stereocenters. The van der Waals surface area contributed by atoms with E-state index in [0.29, 0.717) is 23.9 Å². The fraction of sp³-hybridized carbons (Fsp3) is 0.421. The molecular weight excluding hydrogens is 298 g/mol.